The summed E-state index contributed by atoms with van der Waals surface area (Å²) in [6.45, 7) is 9.72. The topological polar surface area (TPSA) is 55.8 Å². The Bertz CT molecular complexity index is 1130. The maximum absolute atomic E-state index is 11.0. The first-order valence-corrected chi connectivity index (χ1v) is 11.0. The van der Waals surface area contributed by atoms with Crippen molar-refractivity contribution in [2.45, 2.75) is 58.0 Å². The lowest BCUT2D eigenvalue weighted by Crippen LogP contribution is -2.33. The molecule has 3 aromatic carbocycles. The highest BCUT2D eigenvalue weighted by Crippen LogP contribution is 2.46. The van der Waals surface area contributed by atoms with E-state index in [2.05, 4.69) is 45.9 Å². The van der Waals surface area contributed by atoms with Crippen LogP contribution < -0.4 is 9.47 Å². The normalized spacial score (nSPS) is 16.1. The van der Waals surface area contributed by atoms with Crippen LogP contribution in [0.1, 0.15) is 57.2 Å². The molecule has 0 unspecified atom stereocenters. The Labute approximate surface area is 189 Å². The fraction of sp³-hybridized carbons (Fsp3) is 0.321. The molecule has 0 atom stereocenters. The molecule has 3 aromatic rings. The van der Waals surface area contributed by atoms with E-state index in [0.717, 1.165) is 16.7 Å². The van der Waals surface area contributed by atoms with Crippen LogP contribution in [-0.2, 0) is 17.4 Å². The molecule has 0 aliphatic heterocycles. The van der Waals surface area contributed by atoms with Crippen molar-refractivity contribution in [2.24, 2.45) is 0 Å². The molecule has 0 amide bonds. The van der Waals surface area contributed by atoms with Crippen LogP contribution in [0.3, 0.4) is 0 Å². The van der Waals surface area contributed by atoms with E-state index < -0.39 is 6.16 Å². The third-order valence-corrected chi connectivity index (χ3v) is 6.55. The maximum Gasteiger partial charge on any atom is 0.511 e. The van der Waals surface area contributed by atoms with E-state index in [0.29, 0.717) is 12.4 Å². The van der Waals surface area contributed by atoms with Crippen molar-refractivity contribution in [2.75, 3.05) is 0 Å². The summed E-state index contributed by atoms with van der Waals surface area (Å²) in [6.07, 6.45) is 1.02. The average Bonchev–Trinajstić information content (AvgIpc) is 2.76. The minimum absolute atomic E-state index is 0.145. The number of fused-ring (bicyclic) bond motifs is 1. The molecule has 1 N–H and O–H groups in total. The van der Waals surface area contributed by atoms with E-state index in [4.69, 9.17) is 14.6 Å². The molecule has 32 heavy (non-hydrogen) atoms. The number of ether oxygens (including phenoxy) is 2. The molecule has 4 rings (SSSR count). The van der Waals surface area contributed by atoms with Gasteiger partial charge in [0, 0.05) is 5.56 Å². The molecular weight excluding hydrogens is 400 g/mol. The highest BCUT2D eigenvalue weighted by molar-refractivity contribution is 5.73. The van der Waals surface area contributed by atoms with Crippen LogP contribution in [0, 0.1) is 0 Å². The number of hydrogen-bond acceptors (Lipinski definition) is 3. The molecular formula is C28H30O4. The molecule has 0 saturated heterocycles. The van der Waals surface area contributed by atoms with Gasteiger partial charge in [0.2, 0.25) is 0 Å². The van der Waals surface area contributed by atoms with Crippen molar-refractivity contribution < 1.29 is 19.4 Å². The third-order valence-electron chi connectivity index (χ3n) is 6.55. The van der Waals surface area contributed by atoms with Crippen LogP contribution in [0.15, 0.2) is 66.7 Å². The van der Waals surface area contributed by atoms with Crippen LogP contribution in [0.2, 0.25) is 0 Å². The van der Waals surface area contributed by atoms with Crippen molar-refractivity contribution in [1.82, 2.24) is 0 Å². The molecule has 0 bridgehead atoms. The lowest BCUT2D eigenvalue weighted by molar-refractivity contribution is 0.144. The Morgan fingerprint density at radius 2 is 1.56 bits per heavy atom. The SMILES string of the molecule is CC1(C)CCC(C)(C)c2cc(COc3ccc(OC(=O)O)cc3-c3ccccc3)ccc21. The van der Waals surface area contributed by atoms with Crippen LogP contribution in [0.25, 0.3) is 11.1 Å². The predicted molar refractivity (Wildman–Crippen MR) is 127 cm³/mol. The number of carboxylic acid groups (broad SMARTS) is 1. The lowest BCUT2D eigenvalue weighted by Gasteiger charge is -2.42. The second-order valence-corrected chi connectivity index (χ2v) is 9.83. The maximum atomic E-state index is 11.0. The Hall–Kier alpha value is -3.27. The largest absolute Gasteiger partial charge is 0.511 e. The van der Waals surface area contributed by atoms with E-state index in [1.165, 1.54) is 24.0 Å². The van der Waals surface area contributed by atoms with E-state index in [1.54, 1.807) is 18.2 Å². The van der Waals surface area contributed by atoms with E-state index >= 15 is 0 Å². The summed E-state index contributed by atoms with van der Waals surface area (Å²) in [5, 5.41) is 8.97. The van der Waals surface area contributed by atoms with Gasteiger partial charge < -0.3 is 14.6 Å². The number of rotatable bonds is 5. The zero-order valence-electron chi connectivity index (χ0n) is 19.1. The minimum Gasteiger partial charge on any atom is -0.488 e. The zero-order valence-corrected chi connectivity index (χ0v) is 19.1. The number of hydrogen-bond donors (Lipinski definition) is 1. The van der Waals surface area contributed by atoms with Gasteiger partial charge in [-0.05, 0) is 64.1 Å². The second-order valence-electron chi connectivity index (χ2n) is 9.83. The molecule has 0 saturated carbocycles. The standard InChI is InChI=1S/C28H30O4/c1-27(2)14-15-28(3,4)24-16-19(10-12-23(24)27)18-31-25-13-11-21(32-26(29)30)17-22(25)20-8-6-5-7-9-20/h5-13,16-17H,14-15,18H2,1-4H3,(H,29,30). The second kappa shape index (κ2) is 8.34. The van der Waals surface area contributed by atoms with Crippen LogP contribution in [0.5, 0.6) is 11.5 Å². The van der Waals surface area contributed by atoms with Crippen LogP contribution in [0.4, 0.5) is 4.79 Å². The Kier molecular flexibility index (Phi) is 5.72. The predicted octanol–water partition coefficient (Wildman–Crippen LogP) is 7.34. The highest BCUT2D eigenvalue weighted by Gasteiger charge is 2.36. The number of carbonyl (C=O) groups is 1. The summed E-state index contributed by atoms with van der Waals surface area (Å²) in [5.74, 6) is 0.952. The van der Waals surface area contributed by atoms with Gasteiger partial charge in [0.15, 0.2) is 0 Å². The van der Waals surface area contributed by atoms with Gasteiger partial charge in [0.25, 0.3) is 0 Å². The van der Waals surface area contributed by atoms with Crippen LogP contribution >= 0.6 is 0 Å². The third kappa shape index (κ3) is 4.50. The lowest BCUT2D eigenvalue weighted by atomic mass is 9.63. The Morgan fingerprint density at radius 1 is 0.875 bits per heavy atom. The summed E-state index contributed by atoms with van der Waals surface area (Å²) < 4.78 is 11.1. The van der Waals surface area contributed by atoms with Crippen molar-refractivity contribution in [1.29, 1.82) is 0 Å². The van der Waals surface area contributed by atoms with Crippen molar-refractivity contribution >= 4 is 6.16 Å². The monoisotopic (exact) mass is 430 g/mol. The minimum atomic E-state index is -1.34. The Morgan fingerprint density at radius 3 is 2.25 bits per heavy atom. The van der Waals surface area contributed by atoms with Crippen LogP contribution in [-0.4, -0.2) is 11.3 Å². The van der Waals surface area contributed by atoms with Gasteiger partial charge in [-0.1, -0.05) is 76.2 Å². The smallest absolute Gasteiger partial charge is 0.488 e. The highest BCUT2D eigenvalue weighted by atomic mass is 16.7. The van der Waals surface area contributed by atoms with Gasteiger partial charge in [-0.2, -0.15) is 0 Å². The van der Waals surface area contributed by atoms with Gasteiger partial charge in [0.05, 0.1) is 0 Å². The summed E-state index contributed by atoms with van der Waals surface area (Å²) in [4.78, 5) is 11.0. The molecule has 0 radical (unpaired) electrons. The molecule has 0 fully saturated rings. The molecule has 4 nitrogen and oxygen atoms in total. The quantitative estimate of drug-likeness (QED) is 0.340. The van der Waals surface area contributed by atoms with Gasteiger partial charge in [-0.25, -0.2) is 4.79 Å². The zero-order chi connectivity index (χ0) is 22.9. The molecule has 0 aromatic heterocycles. The first-order valence-electron chi connectivity index (χ1n) is 11.0. The van der Waals surface area contributed by atoms with E-state index in [9.17, 15) is 4.79 Å². The van der Waals surface area contributed by atoms with E-state index in [-0.39, 0.29) is 16.6 Å². The molecule has 1 aliphatic rings. The van der Waals surface area contributed by atoms with Crippen molar-refractivity contribution in [3.8, 4) is 22.6 Å². The molecule has 166 valence electrons. The Balaban J connectivity index is 1.64. The van der Waals surface area contributed by atoms with E-state index in [1.807, 2.05) is 30.3 Å². The average molecular weight is 431 g/mol. The van der Waals surface area contributed by atoms with Gasteiger partial charge in [0.1, 0.15) is 18.1 Å². The molecule has 0 heterocycles. The molecule has 4 heteroatoms. The fourth-order valence-electron chi connectivity index (χ4n) is 4.53. The number of benzene rings is 3. The van der Waals surface area contributed by atoms with Gasteiger partial charge in [-0.3, -0.25) is 0 Å². The van der Waals surface area contributed by atoms with Crippen molar-refractivity contribution in [3.63, 3.8) is 0 Å². The van der Waals surface area contributed by atoms with Crippen molar-refractivity contribution in [3.05, 3.63) is 83.4 Å². The van der Waals surface area contributed by atoms with Gasteiger partial charge >= 0.3 is 6.16 Å². The molecule has 1 aliphatic carbocycles. The summed E-state index contributed by atoms with van der Waals surface area (Å²) in [5.41, 5.74) is 6.02. The first-order chi connectivity index (χ1) is 15.2. The molecule has 0 spiro atoms. The summed E-state index contributed by atoms with van der Waals surface area (Å²) in [7, 11) is 0. The summed E-state index contributed by atoms with van der Waals surface area (Å²) in [6, 6.07) is 21.6. The van der Waals surface area contributed by atoms with Gasteiger partial charge in [-0.15, -0.1) is 0 Å². The first kappa shape index (κ1) is 21.9. The summed E-state index contributed by atoms with van der Waals surface area (Å²) >= 11 is 0. The fourth-order valence-corrected chi connectivity index (χ4v) is 4.53.